The number of likely N-dealkylation sites (tertiary alicyclic amines) is 1. The normalized spacial score (nSPS) is 14.7. The quantitative estimate of drug-likeness (QED) is 0.749. The number of carbonyl (C=O) groups is 1. The van der Waals surface area contributed by atoms with Gasteiger partial charge in [0.05, 0.1) is 0 Å². The van der Waals surface area contributed by atoms with Crippen molar-refractivity contribution in [2.45, 2.75) is 20.3 Å². The smallest absolute Gasteiger partial charge is 0.321 e. The van der Waals surface area contributed by atoms with Crippen LogP contribution in [0.4, 0.5) is 10.5 Å². The minimum Gasteiger partial charge on any atom is -0.324 e. The third-order valence-electron chi connectivity index (χ3n) is 2.78. The van der Waals surface area contributed by atoms with Crippen LogP contribution < -0.4 is 5.32 Å². The Balaban J connectivity index is 2.09. The van der Waals surface area contributed by atoms with Gasteiger partial charge >= 0.3 is 6.03 Å². The van der Waals surface area contributed by atoms with Gasteiger partial charge in [-0.1, -0.05) is 12.1 Å². The molecule has 1 aliphatic rings. The Hall–Kier alpha value is -1.51. The van der Waals surface area contributed by atoms with E-state index in [1.54, 1.807) is 0 Å². The number of nitrogens with zero attached hydrogens (tertiary/aromatic N) is 1. The van der Waals surface area contributed by atoms with Crippen molar-refractivity contribution in [2.75, 3.05) is 18.4 Å². The fraction of sp³-hybridized carbons (Fsp3) is 0.417. The second-order valence-corrected chi connectivity index (χ2v) is 4.09. The van der Waals surface area contributed by atoms with Gasteiger partial charge in [0, 0.05) is 18.8 Å². The van der Waals surface area contributed by atoms with Crippen LogP contribution in [-0.4, -0.2) is 24.0 Å². The van der Waals surface area contributed by atoms with Gasteiger partial charge in [-0.3, -0.25) is 0 Å². The SMILES string of the molecule is Cc1ccc(C)c(NC(=O)N2CCC2)c1. The van der Waals surface area contributed by atoms with Crippen molar-refractivity contribution >= 4 is 11.7 Å². The van der Waals surface area contributed by atoms with E-state index in [2.05, 4.69) is 11.4 Å². The largest absolute Gasteiger partial charge is 0.324 e. The minimum absolute atomic E-state index is 0.0231. The Bertz CT molecular complexity index is 383. The fourth-order valence-electron chi connectivity index (χ4n) is 1.58. The zero-order valence-electron chi connectivity index (χ0n) is 9.21. The molecule has 2 amide bonds. The number of benzene rings is 1. The van der Waals surface area contributed by atoms with Gasteiger partial charge in [-0.15, -0.1) is 0 Å². The molecule has 3 heteroatoms. The van der Waals surface area contributed by atoms with Gasteiger partial charge in [-0.25, -0.2) is 4.79 Å². The third-order valence-corrected chi connectivity index (χ3v) is 2.78. The van der Waals surface area contributed by atoms with E-state index in [9.17, 15) is 4.79 Å². The van der Waals surface area contributed by atoms with Crippen molar-refractivity contribution in [2.24, 2.45) is 0 Å². The predicted octanol–water partition coefficient (Wildman–Crippen LogP) is 2.54. The van der Waals surface area contributed by atoms with Crippen molar-refractivity contribution < 1.29 is 4.79 Å². The van der Waals surface area contributed by atoms with Crippen LogP contribution in [0.5, 0.6) is 0 Å². The highest BCUT2D eigenvalue weighted by Crippen LogP contribution is 2.18. The van der Waals surface area contributed by atoms with E-state index in [0.717, 1.165) is 30.8 Å². The average molecular weight is 204 g/mol. The van der Waals surface area contributed by atoms with Gasteiger partial charge in [-0.05, 0) is 37.5 Å². The molecular weight excluding hydrogens is 188 g/mol. The van der Waals surface area contributed by atoms with Gasteiger partial charge < -0.3 is 10.2 Å². The zero-order chi connectivity index (χ0) is 10.8. The maximum Gasteiger partial charge on any atom is 0.321 e. The first-order valence-corrected chi connectivity index (χ1v) is 5.30. The Morgan fingerprint density at radius 1 is 1.33 bits per heavy atom. The molecule has 0 aliphatic carbocycles. The summed E-state index contributed by atoms with van der Waals surface area (Å²) in [5.41, 5.74) is 3.20. The molecule has 80 valence electrons. The van der Waals surface area contributed by atoms with Crippen LogP contribution in [0.1, 0.15) is 17.5 Å². The third kappa shape index (κ3) is 2.12. The van der Waals surface area contributed by atoms with E-state index in [1.807, 2.05) is 30.9 Å². The summed E-state index contributed by atoms with van der Waals surface area (Å²) in [7, 11) is 0. The van der Waals surface area contributed by atoms with E-state index >= 15 is 0 Å². The topological polar surface area (TPSA) is 32.3 Å². The van der Waals surface area contributed by atoms with Crippen LogP contribution in [0.15, 0.2) is 18.2 Å². The molecule has 0 unspecified atom stereocenters. The first-order valence-electron chi connectivity index (χ1n) is 5.30. The maximum absolute atomic E-state index is 11.7. The lowest BCUT2D eigenvalue weighted by Crippen LogP contribution is -2.44. The van der Waals surface area contributed by atoms with Crippen LogP contribution in [0, 0.1) is 13.8 Å². The standard InChI is InChI=1S/C12H16N2O/c1-9-4-5-10(2)11(8-9)13-12(15)14-6-3-7-14/h4-5,8H,3,6-7H2,1-2H3,(H,13,15). The molecule has 1 aromatic rings. The van der Waals surface area contributed by atoms with Crippen molar-refractivity contribution in [3.8, 4) is 0 Å². The predicted molar refractivity (Wildman–Crippen MR) is 61.1 cm³/mol. The Morgan fingerprint density at radius 2 is 2.07 bits per heavy atom. The highest BCUT2D eigenvalue weighted by molar-refractivity contribution is 5.90. The number of rotatable bonds is 1. The monoisotopic (exact) mass is 204 g/mol. The molecule has 0 atom stereocenters. The summed E-state index contributed by atoms with van der Waals surface area (Å²) in [6.45, 7) is 5.80. The highest BCUT2D eigenvalue weighted by Gasteiger charge is 2.20. The lowest BCUT2D eigenvalue weighted by molar-refractivity contribution is 0.181. The van der Waals surface area contributed by atoms with E-state index < -0.39 is 0 Å². The molecular formula is C12H16N2O. The van der Waals surface area contributed by atoms with Crippen molar-refractivity contribution in [3.05, 3.63) is 29.3 Å². The maximum atomic E-state index is 11.7. The Morgan fingerprint density at radius 3 is 2.67 bits per heavy atom. The molecule has 1 aromatic carbocycles. The second kappa shape index (κ2) is 3.93. The van der Waals surface area contributed by atoms with Crippen molar-refractivity contribution in [3.63, 3.8) is 0 Å². The van der Waals surface area contributed by atoms with Gasteiger partial charge in [0.2, 0.25) is 0 Å². The molecule has 3 nitrogen and oxygen atoms in total. The number of amides is 2. The van der Waals surface area contributed by atoms with Crippen molar-refractivity contribution in [1.29, 1.82) is 0 Å². The molecule has 0 spiro atoms. The Kier molecular flexibility index (Phi) is 2.62. The molecule has 1 aliphatic heterocycles. The Labute approximate surface area is 90.1 Å². The number of nitrogens with one attached hydrogen (secondary N) is 1. The molecule has 1 heterocycles. The summed E-state index contributed by atoms with van der Waals surface area (Å²) < 4.78 is 0. The van der Waals surface area contributed by atoms with Gasteiger partial charge in [-0.2, -0.15) is 0 Å². The molecule has 0 saturated carbocycles. The van der Waals surface area contributed by atoms with Gasteiger partial charge in [0.1, 0.15) is 0 Å². The highest BCUT2D eigenvalue weighted by atomic mass is 16.2. The molecule has 15 heavy (non-hydrogen) atoms. The lowest BCUT2D eigenvalue weighted by Gasteiger charge is -2.31. The van der Waals surface area contributed by atoms with Gasteiger partial charge in [0.15, 0.2) is 0 Å². The average Bonchev–Trinajstić information content (AvgIpc) is 2.08. The molecule has 1 fully saturated rings. The van der Waals surface area contributed by atoms with Crippen molar-refractivity contribution in [1.82, 2.24) is 4.90 Å². The number of urea groups is 1. The van der Waals surface area contributed by atoms with E-state index in [1.165, 1.54) is 5.56 Å². The van der Waals surface area contributed by atoms with E-state index in [-0.39, 0.29) is 6.03 Å². The zero-order valence-corrected chi connectivity index (χ0v) is 9.21. The number of hydrogen-bond acceptors (Lipinski definition) is 1. The first kappa shape index (κ1) is 10.0. The first-order chi connectivity index (χ1) is 7.16. The molecule has 2 rings (SSSR count). The summed E-state index contributed by atoms with van der Waals surface area (Å²) in [6, 6.07) is 6.11. The number of anilines is 1. The summed E-state index contributed by atoms with van der Waals surface area (Å²) in [5, 5.41) is 2.94. The van der Waals surface area contributed by atoms with Crippen LogP contribution >= 0.6 is 0 Å². The number of hydrogen-bond donors (Lipinski definition) is 1. The summed E-state index contributed by atoms with van der Waals surface area (Å²) in [5.74, 6) is 0. The summed E-state index contributed by atoms with van der Waals surface area (Å²) in [4.78, 5) is 13.5. The molecule has 0 aromatic heterocycles. The van der Waals surface area contributed by atoms with Crippen LogP contribution in [0.3, 0.4) is 0 Å². The summed E-state index contributed by atoms with van der Waals surface area (Å²) >= 11 is 0. The lowest BCUT2D eigenvalue weighted by atomic mass is 10.1. The number of carbonyl (C=O) groups excluding carboxylic acids is 1. The second-order valence-electron chi connectivity index (χ2n) is 4.09. The van der Waals surface area contributed by atoms with Crippen LogP contribution in [0.2, 0.25) is 0 Å². The minimum atomic E-state index is 0.0231. The molecule has 0 radical (unpaired) electrons. The fourth-order valence-corrected chi connectivity index (χ4v) is 1.58. The molecule has 1 saturated heterocycles. The van der Waals surface area contributed by atoms with Gasteiger partial charge in [0.25, 0.3) is 0 Å². The molecule has 1 N–H and O–H groups in total. The molecule has 0 bridgehead atoms. The van der Waals surface area contributed by atoms with E-state index in [4.69, 9.17) is 0 Å². The van der Waals surface area contributed by atoms with Crippen LogP contribution in [-0.2, 0) is 0 Å². The van der Waals surface area contributed by atoms with E-state index in [0.29, 0.717) is 0 Å². The van der Waals surface area contributed by atoms with Crippen LogP contribution in [0.25, 0.3) is 0 Å². The summed E-state index contributed by atoms with van der Waals surface area (Å²) in [6.07, 6.45) is 1.13. The number of aryl methyl sites for hydroxylation is 2.